The van der Waals surface area contributed by atoms with Gasteiger partial charge in [-0.15, -0.1) is 10.2 Å². The van der Waals surface area contributed by atoms with Gasteiger partial charge in [-0.25, -0.2) is 8.78 Å². The molecule has 2 heterocycles. The Morgan fingerprint density at radius 1 is 1.46 bits per heavy atom. The first-order valence-corrected chi connectivity index (χ1v) is 8.68. The molecule has 0 spiro atoms. The van der Waals surface area contributed by atoms with Gasteiger partial charge >= 0.3 is 0 Å². The molecule has 1 aliphatic heterocycles. The van der Waals surface area contributed by atoms with Crippen LogP contribution in [0.3, 0.4) is 0 Å². The Morgan fingerprint density at radius 3 is 3.00 bits per heavy atom. The van der Waals surface area contributed by atoms with Crippen molar-refractivity contribution in [1.29, 1.82) is 0 Å². The number of anilines is 1. The van der Waals surface area contributed by atoms with Crippen LogP contribution in [0.4, 0.5) is 13.9 Å². The van der Waals surface area contributed by atoms with Gasteiger partial charge in [-0.2, -0.15) is 0 Å². The summed E-state index contributed by atoms with van der Waals surface area (Å²) in [5.74, 6) is -1.42. The van der Waals surface area contributed by atoms with Crippen molar-refractivity contribution in [2.75, 3.05) is 18.4 Å². The maximum absolute atomic E-state index is 14.0. The van der Waals surface area contributed by atoms with E-state index in [2.05, 4.69) is 20.4 Å². The first-order valence-electron chi connectivity index (χ1n) is 7.80. The lowest BCUT2D eigenvalue weighted by Gasteiger charge is -2.36. The van der Waals surface area contributed by atoms with Gasteiger partial charge in [0.2, 0.25) is 11.0 Å². The molecule has 1 saturated heterocycles. The molecule has 8 heteroatoms. The number of piperidine rings is 1. The molecule has 1 N–H and O–H groups in total. The first-order chi connectivity index (χ1) is 11.5. The van der Waals surface area contributed by atoms with Crippen LogP contribution in [0.1, 0.15) is 31.4 Å². The molecule has 0 aliphatic carbocycles. The molecule has 3 rings (SSSR count). The molecule has 1 aliphatic rings. The predicted molar refractivity (Wildman–Crippen MR) is 87.6 cm³/mol. The lowest BCUT2D eigenvalue weighted by atomic mass is 9.94. The number of nitrogens with zero attached hydrogens (tertiary/aromatic N) is 3. The third-order valence-electron chi connectivity index (χ3n) is 4.37. The zero-order valence-electron chi connectivity index (χ0n) is 13.2. The number of carbonyl (C=O) groups excluding carboxylic acids is 1. The summed E-state index contributed by atoms with van der Waals surface area (Å²) in [6.45, 7) is 3.19. The maximum Gasteiger partial charge on any atom is 0.230 e. The summed E-state index contributed by atoms with van der Waals surface area (Å²) < 4.78 is 27.1. The molecule has 1 aromatic carbocycles. The summed E-state index contributed by atoms with van der Waals surface area (Å²) in [4.78, 5) is 14.4. The third-order valence-corrected chi connectivity index (χ3v) is 4.98. The van der Waals surface area contributed by atoms with Gasteiger partial charge < -0.3 is 5.32 Å². The Hall–Kier alpha value is -1.93. The van der Waals surface area contributed by atoms with Crippen LogP contribution in [-0.2, 0) is 4.79 Å². The second-order valence-electron chi connectivity index (χ2n) is 5.91. The van der Waals surface area contributed by atoms with E-state index in [9.17, 15) is 13.6 Å². The number of likely N-dealkylation sites (tertiary alicyclic amines) is 1. The standard InChI is InChI=1S/C16H18F2N4OS/c1-10(13-5-4-12(17)7-14(13)18)22-6-2-3-11(8-22)15(23)20-16-21-19-9-24-16/h4-5,7,9-11H,2-3,6,8H2,1H3,(H,20,21,23)/t10-,11-/m1/s1. The third kappa shape index (κ3) is 3.76. The van der Waals surface area contributed by atoms with Crippen LogP contribution >= 0.6 is 11.3 Å². The van der Waals surface area contributed by atoms with Crippen molar-refractivity contribution >= 4 is 22.4 Å². The second kappa shape index (κ2) is 7.31. The second-order valence-corrected chi connectivity index (χ2v) is 6.74. The van der Waals surface area contributed by atoms with E-state index >= 15 is 0 Å². The Balaban J connectivity index is 1.67. The fourth-order valence-electron chi connectivity index (χ4n) is 3.04. The van der Waals surface area contributed by atoms with Crippen LogP contribution in [-0.4, -0.2) is 34.1 Å². The van der Waals surface area contributed by atoms with Gasteiger partial charge in [-0.1, -0.05) is 17.4 Å². The van der Waals surface area contributed by atoms with Crippen LogP contribution < -0.4 is 5.32 Å². The van der Waals surface area contributed by atoms with Crippen molar-refractivity contribution in [2.24, 2.45) is 5.92 Å². The van der Waals surface area contributed by atoms with Gasteiger partial charge in [0.25, 0.3) is 0 Å². The van der Waals surface area contributed by atoms with E-state index in [1.54, 1.807) is 5.51 Å². The molecule has 1 fully saturated rings. The van der Waals surface area contributed by atoms with Gasteiger partial charge in [0.05, 0.1) is 5.92 Å². The molecule has 2 aromatic rings. The predicted octanol–water partition coefficient (Wildman–Crippen LogP) is 3.23. The monoisotopic (exact) mass is 352 g/mol. The van der Waals surface area contributed by atoms with Crippen molar-refractivity contribution in [1.82, 2.24) is 15.1 Å². The van der Waals surface area contributed by atoms with Crippen molar-refractivity contribution < 1.29 is 13.6 Å². The van der Waals surface area contributed by atoms with Crippen molar-refractivity contribution in [3.8, 4) is 0 Å². The highest BCUT2D eigenvalue weighted by Gasteiger charge is 2.30. The van der Waals surface area contributed by atoms with Crippen molar-refractivity contribution in [2.45, 2.75) is 25.8 Å². The van der Waals surface area contributed by atoms with E-state index in [1.807, 2.05) is 6.92 Å². The Bertz CT molecular complexity index is 710. The van der Waals surface area contributed by atoms with Gasteiger partial charge in [0, 0.05) is 24.2 Å². The maximum atomic E-state index is 14.0. The summed E-state index contributed by atoms with van der Waals surface area (Å²) in [6.07, 6.45) is 1.63. The minimum Gasteiger partial charge on any atom is -0.300 e. The summed E-state index contributed by atoms with van der Waals surface area (Å²) in [5, 5.41) is 10.7. The van der Waals surface area contributed by atoms with Gasteiger partial charge in [-0.3, -0.25) is 9.69 Å². The topological polar surface area (TPSA) is 58.1 Å². The van der Waals surface area contributed by atoms with E-state index in [0.717, 1.165) is 25.5 Å². The minimum absolute atomic E-state index is 0.0942. The molecule has 128 valence electrons. The molecule has 0 unspecified atom stereocenters. The smallest absolute Gasteiger partial charge is 0.230 e. The molecule has 5 nitrogen and oxygen atoms in total. The largest absolute Gasteiger partial charge is 0.300 e. The minimum atomic E-state index is -0.587. The van der Waals surface area contributed by atoms with Crippen LogP contribution in [0.2, 0.25) is 0 Å². The average molecular weight is 352 g/mol. The molecule has 2 atom stereocenters. The van der Waals surface area contributed by atoms with Gasteiger partial charge in [-0.05, 0) is 32.4 Å². The van der Waals surface area contributed by atoms with E-state index in [4.69, 9.17) is 0 Å². The number of benzene rings is 1. The quantitative estimate of drug-likeness (QED) is 0.918. The molecule has 0 radical (unpaired) electrons. The Kier molecular flexibility index (Phi) is 5.15. The lowest BCUT2D eigenvalue weighted by molar-refractivity contribution is -0.121. The summed E-state index contributed by atoms with van der Waals surface area (Å²) in [7, 11) is 0. The zero-order chi connectivity index (χ0) is 17.1. The van der Waals surface area contributed by atoms with E-state index in [-0.39, 0.29) is 17.9 Å². The number of rotatable bonds is 4. The normalized spacial score (nSPS) is 19.9. The average Bonchev–Trinajstić information content (AvgIpc) is 3.07. The van der Waals surface area contributed by atoms with Crippen molar-refractivity contribution in [3.63, 3.8) is 0 Å². The van der Waals surface area contributed by atoms with Crippen LogP contribution in [0.15, 0.2) is 23.7 Å². The fraction of sp³-hybridized carbons (Fsp3) is 0.438. The number of hydrogen-bond donors (Lipinski definition) is 1. The van der Waals surface area contributed by atoms with Crippen LogP contribution in [0, 0.1) is 17.6 Å². The first kappa shape index (κ1) is 16.9. The lowest BCUT2D eigenvalue weighted by Crippen LogP contribution is -2.42. The van der Waals surface area contributed by atoms with E-state index in [0.29, 0.717) is 17.2 Å². The summed E-state index contributed by atoms with van der Waals surface area (Å²) in [6, 6.07) is 3.41. The molecule has 24 heavy (non-hydrogen) atoms. The number of aromatic nitrogens is 2. The van der Waals surface area contributed by atoms with E-state index in [1.165, 1.54) is 23.5 Å². The number of carbonyl (C=O) groups is 1. The highest BCUT2D eigenvalue weighted by Crippen LogP contribution is 2.29. The summed E-state index contributed by atoms with van der Waals surface area (Å²) in [5.41, 5.74) is 2.00. The number of halogens is 2. The molecule has 1 aromatic heterocycles. The zero-order valence-corrected chi connectivity index (χ0v) is 14.0. The molecule has 1 amide bonds. The molecular weight excluding hydrogens is 334 g/mol. The van der Waals surface area contributed by atoms with Gasteiger partial charge in [0.15, 0.2) is 0 Å². The van der Waals surface area contributed by atoms with Crippen molar-refractivity contribution in [3.05, 3.63) is 40.9 Å². The van der Waals surface area contributed by atoms with Crippen LogP contribution in [0.25, 0.3) is 0 Å². The number of amides is 1. The number of hydrogen-bond acceptors (Lipinski definition) is 5. The summed E-state index contributed by atoms with van der Waals surface area (Å²) >= 11 is 1.27. The van der Waals surface area contributed by atoms with Crippen LogP contribution in [0.5, 0.6) is 0 Å². The molecule has 0 saturated carbocycles. The fourth-order valence-corrected chi connectivity index (χ4v) is 3.49. The highest BCUT2D eigenvalue weighted by atomic mass is 32.1. The van der Waals surface area contributed by atoms with Gasteiger partial charge in [0.1, 0.15) is 17.1 Å². The number of nitrogens with one attached hydrogen (secondary N) is 1. The molecule has 0 bridgehead atoms. The highest BCUT2D eigenvalue weighted by molar-refractivity contribution is 7.13. The Morgan fingerprint density at radius 2 is 2.29 bits per heavy atom. The Labute approximate surface area is 142 Å². The molecular formula is C16H18F2N4OS. The van der Waals surface area contributed by atoms with E-state index < -0.39 is 11.6 Å². The SMILES string of the molecule is C[C@H](c1ccc(F)cc1F)N1CCC[C@@H](C(=O)Nc2nncs2)C1.